The predicted octanol–water partition coefficient (Wildman–Crippen LogP) is -1.46. The van der Waals surface area contributed by atoms with Crippen LogP contribution in [0.2, 0.25) is 0 Å². The van der Waals surface area contributed by atoms with Gasteiger partial charge in [0.25, 0.3) is 5.91 Å². The molecule has 0 saturated carbocycles. The van der Waals surface area contributed by atoms with Gasteiger partial charge in [-0.15, -0.1) is 4.28 Å². The number of nitrogens with zero attached hydrogens (tertiary/aromatic N) is 5. The molecule has 2 saturated heterocycles. The lowest BCUT2D eigenvalue weighted by Crippen LogP contribution is -2.50. The maximum atomic E-state index is 13.1. The molecule has 2 bridgehead atoms. The summed E-state index contributed by atoms with van der Waals surface area (Å²) in [5.41, 5.74) is 9.48. The number of fused-ring (bicyclic) bond motifs is 4. The van der Waals surface area contributed by atoms with Gasteiger partial charge >= 0.3 is 16.4 Å². The summed E-state index contributed by atoms with van der Waals surface area (Å²) >= 11 is 0. The van der Waals surface area contributed by atoms with Gasteiger partial charge in [0.05, 0.1) is 24.3 Å². The first-order valence-corrected chi connectivity index (χ1v) is 10.2. The van der Waals surface area contributed by atoms with Crippen molar-refractivity contribution in [3.8, 4) is 0 Å². The van der Waals surface area contributed by atoms with Crippen LogP contribution < -0.4 is 11.2 Å². The third-order valence-corrected chi connectivity index (χ3v) is 5.49. The zero-order valence-corrected chi connectivity index (χ0v) is 15.9. The molecule has 154 valence electrons. The van der Waals surface area contributed by atoms with E-state index >= 15 is 0 Å². The third kappa shape index (κ3) is 3.12. The molecule has 1 aromatic heterocycles. The van der Waals surface area contributed by atoms with E-state index in [0.717, 1.165) is 6.42 Å². The molecule has 4 heterocycles. The zero-order valence-electron chi connectivity index (χ0n) is 15.1. The van der Waals surface area contributed by atoms with Crippen LogP contribution in [0.1, 0.15) is 36.8 Å². The first-order valence-electron chi connectivity index (χ1n) is 8.82. The number of carbonyl (C=O) groups excluding carboxylic acids is 2. The Hall–Kier alpha value is -2.26. The smallest absolute Gasteiger partial charge is 0.332 e. The number of imidazole rings is 1. The number of urea groups is 1. The standard InChI is InChI=1S/C14H21N7O6S/c1-2-18-7-16-10-9-6-20(14(23)21(9)27-28(24,25)26)12(11(10)18)13(22)17-19-4-3-8(15)5-19/h7-9,12H,2-6,15H2,1H3,(H,17,22)(H,24,25,26)/t8?,9-,12-/m0/s1. The lowest BCUT2D eigenvalue weighted by Gasteiger charge is -2.31. The second-order valence-electron chi connectivity index (χ2n) is 6.95. The highest BCUT2D eigenvalue weighted by Crippen LogP contribution is 2.43. The summed E-state index contributed by atoms with van der Waals surface area (Å²) in [6, 6.07) is -2.77. The largest absolute Gasteiger partial charge is 0.418 e. The Kier molecular flexibility index (Phi) is 4.54. The summed E-state index contributed by atoms with van der Waals surface area (Å²) in [5, 5.41) is 2.23. The molecule has 4 rings (SSSR count). The lowest BCUT2D eigenvalue weighted by atomic mass is 10.0. The van der Waals surface area contributed by atoms with Gasteiger partial charge < -0.3 is 15.2 Å². The van der Waals surface area contributed by atoms with Crippen molar-refractivity contribution in [1.29, 1.82) is 0 Å². The minimum Gasteiger partial charge on any atom is -0.332 e. The molecule has 14 heteroatoms. The van der Waals surface area contributed by atoms with Crippen molar-refractivity contribution < 1.29 is 26.8 Å². The van der Waals surface area contributed by atoms with E-state index in [-0.39, 0.29) is 12.6 Å². The summed E-state index contributed by atoms with van der Waals surface area (Å²) < 4.78 is 37.5. The van der Waals surface area contributed by atoms with Crippen LogP contribution in [0.15, 0.2) is 6.33 Å². The lowest BCUT2D eigenvalue weighted by molar-refractivity contribution is -0.130. The van der Waals surface area contributed by atoms with Gasteiger partial charge in [-0.25, -0.2) is 14.8 Å². The van der Waals surface area contributed by atoms with Gasteiger partial charge in [-0.2, -0.15) is 13.5 Å². The van der Waals surface area contributed by atoms with Gasteiger partial charge in [0.1, 0.15) is 6.04 Å². The van der Waals surface area contributed by atoms with E-state index < -0.39 is 34.4 Å². The number of hydrogen-bond acceptors (Lipinski definition) is 8. The minimum absolute atomic E-state index is 0.000316. The summed E-state index contributed by atoms with van der Waals surface area (Å²) in [6.07, 6.45) is 2.26. The van der Waals surface area contributed by atoms with E-state index in [2.05, 4.69) is 14.7 Å². The Balaban J connectivity index is 1.69. The number of nitrogens with two attached hydrogens (primary N) is 1. The number of rotatable bonds is 5. The van der Waals surface area contributed by atoms with Crippen LogP contribution in [-0.2, 0) is 26.0 Å². The fourth-order valence-corrected chi connectivity index (χ4v) is 4.30. The van der Waals surface area contributed by atoms with E-state index in [1.165, 1.54) is 11.2 Å². The highest BCUT2D eigenvalue weighted by molar-refractivity contribution is 7.80. The van der Waals surface area contributed by atoms with Gasteiger partial charge in [-0.1, -0.05) is 0 Å². The number of hydroxylamine groups is 2. The SMILES string of the molecule is CCn1cnc2c1[C@@H](C(=O)NN1CCC(N)C1)N1C[C@@H]2N(OS(=O)(=O)O)C1=O. The molecule has 3 amide bonds. The number of hydrazine groups is 1. The number of aryl methyl sites for hydroxylation is 1. The van der Waals surface area contributed by atoms with Gasteiger partial charge in [-0.05, 0) is 13.3 Å². The van der Waals surface area contributed by atoms with E-state index in [0.29, 0.717) is 36.1 Å². The van der Waals surface area contributed by atoms with E-state index in [1.807, 2.05) is 6.92 Å². The van der Waals surface area contributed by atoms with Crippen molar-refractivity contribution in [2.24, 2.45) is 5.73 Å². The molecule has 28 heavy (non-hydrogen) atoms. The van der Waals surface area contributed by atoms with E-state index in [9.17, 15) is 18.0 Å². The molecular formula is C14H21N7O6S. The average Bonchev–Trinajstić information content (AvgIpc) is 3.28. The molecule has 0 spiro atoms. The molecule has 3 atom stereocenters. The second-order valence-corrected chi connectivity index (χ2v) is 7.96. The normalized spacial score (nSPS) is 27.4. The van der Waals surface area contributed by atoms with Crippen molar-refractivity contribution in [2.75, 3.05) is 19.6 Å². The Labute approximate surface area is 160 Å². The van der Waals surface area contributed by atoms with Crippen LogP contribution in [0.5, 0.6) is 0 Å². The Morgan fingerprint density at radius 3 is 2.82 bits per heavy atom. The Morgan fingerprint density at radius 1 is 1.46 bits per heavy atom. The molecule has 2 fully saturated rings. The molecule has 4 N–H and O–H groups in total. The number of amides is 3. The fraction of sp³-hybridized carbons (Fsp3) is 0.643. The highest BCUT2D eigenvalue weighted by Gasteiger charge is 2.54. The third-order valence-electron chi connectivity index (χ3n) is 5.14. The number of aromatic nitrogens is 2. The van der Waals surface area contributed by atoms with Gasteiger partial charge in [0.15, 0.2) is 6.04 Å². The Morgan fingerprint density at radius 2 is 2.21 bits per heavy atom. The van der Waals surface area contributed by atoms with Crippen LogP contribution in [0.25, 0.3) is 0 Å². The maximum absolute atomic E-state index is 13.1. The van der Waals surface area contributed by atoms with Gasteiger partial charge in [-0.3, -0.25) is 14.8 Å². The number of nitrogens with one attached hydrogen (secondary N) is 1. The molecule has 3 aliphatic heterocycles. The fourth-order valence-electron chi connectivity index (χ4n) is 3.93. The van der Waals surface area contributed by atoms with Crippen molar-refractivity contribution >= 4 is 22.3 Å². The average molecular weight is 415 g/mol. The number of carbonyl (C=O) groups is 2. The highest BCUT2D eigenvalue weighted by atomic mass is 32.3. The van der Waals surface area contributed by atoms with Crippen LogP contribution in [0, 0.1) is 0 Å². The first kappa shape index (κ1) is 19.1. The van der Waals surface area contributed by atoms with Crippen LogP contribution >= 0.6 is 0 Å². The van der Waals surface area contributed by atoms with Crippen molar-refractivity contribution in [3.05, 3.63) is 17.7 Å². The van der Waals surface area contributed by atoms with Crippen molar-refractivity contribution in [3.63, 3.8) is 0 Å². The predicted molar refractivity (Wildman–Crippen MR) is 92.3 cm³/mol. The zero-order chi connectivity index (χ0) is 20.2. The first-order chi connectivity index (χ1) is 13.2. The summed E-state index contributed by atoms with van der Waals surface area (Å²) in [7, 11) is -4.92. The number of hydrogen-bond donors (Lipinski definition) is 3. The Bertz CT molecular complexity index is 917. The second kappa shape index (κ2) is 6.66. The van der Waals surface area contributed by atoms with Crippen LogP contribution in [0.3, 0.4) is 0 Å². The molecule has 3 aliphatic rings. The van der Waals surface area contributed by atoms with Crippen molar-refractivity contribution in [1.82, 2.24) is 29.9 Å². The van der Waals surface area contributed by atoms with Crippen molar-refractivity contribution in [2.45, 2.75) is 38.0 Å². The molecule has 1 aromatic rings. The summed E-state index contributed by atoms with van der Waals surface area (Å²) in [6.45, 7) is 3.44. The molecule has 0 aromatic carbocycles. The molecule has 13 nitrogen and oxygen atoms in total. The monoisotopic (exact) mass is 415 g/mol. The summed E-state index contributed by atoms with van der Waals surface area (Å²) in [4.78, 5) is 31.3. The molecular weight excluding hydrogens is 394 g/mol. The van der Waals surface area contributed by atoms with Gasteiger partial charge in [0, 0.05) is 25.7 Å². The quantitative estimate of drug-likeness (QED) is 0.487. The molecule has 0 aliphatic carbocycles. The van der Waals surface area contributed by atoms with E-state index in [1.54, 1.807) is 9.58 Å². The summed E-state index contributed by atoms with van der Waals surface area (Å²) in [5.74, 6) is -0.453. The van der Waals surface area contributed by atoms with Crippen LogP contribution in [-0.4, -0.2) is 75.1 Å². The van der Waals surface area contributed by atoms with Crippen LogP contribution in [0.4, 0.5) is 4.79 Å². The molecule has 0 radical (unpaired) electrons. The van der Waals surface area contributed by atoms with Gasteiger partial charge in [0.2, 0.25) is 0 Å². The maximum Gasteiger partial charge on any atom is 0.418 e. The minimum atomic E-state index is -4.92. The molecule has 1 unspecified atom stereocenters. The van der Waals surface area contributed by atoms with E-state index in [4.69, 9.17) is 10.3 Å². The topological polar surface area (TPSA) is 163 Å².